The summed E-state index contributed by atoms with van der Waals surface area (Å²) in [6.07, 6.45) is 6.50. The van der Waals surface area contributed by atoms with Crippen molar-refractivity contribution in [1.82, 2.24) is 5.32 Å². The smallest absolute Gasteiger partial charge is 0.166 e. The quantitative estimate of drug-likeness (QED) is 0.529. The predicted octanol–water partition coefficient (Wildman–Crippen LogP) is 5.33. The number of hydrogen-bond acceptors (Lipinski definition) is 3. The Morgan fingerprint density at radius 2 is 1.68 bits per heavy atom. The Kier molecular flexibility index (Phi) is 8.92. The van der Waals surface area contributed by atoms with Crippen LogP contribution in [0.15, 0.2) is 48.5 Å². The normalized spacial score (nSPS) is 10.6. The van der Waals surface area contributed by atoms with Crippen molar-refractivity contribution in [1.29, 1.82) is 0 Å². The van der Waals surface area contributed by atoms with Crippen molar-refractivity contribution in [2.24, 2.45) is 0 Å². The van der Waals surface area contributed by atoms with E-state index >= 15 is 0 Å². The van der Waals surface area contributed by atoms with Crippen LogP contribution in [0.3, 0.4) is 0 Å². The van der Waals surface area contributed by atoms with Crippen molar-refractivity contribution in [3.05, 3.63) is 59.7 Å². The van der Waals surface area contributed by atoms with Crippen LogP contribution in [-0.2, 0) is 13.2 Å². The van der Waals surface area contributed by atoms with E-state index in [1.54, 1.807) is 7.11 Å². The van der Waals surface area contributed by atoms with Crippen LogP contribution in [0.4, 0.5) is 0 Å². The van der Waals surface area contributed by atoms with Gasteiger partial charge in [-0.1, -0.05) is 75.1 Å². The first-order valence-corrected chi connectivity index (χ1v) is 9.38. The van der Waals surface area contributed by atoms with Crippen LogP contribution in [0.1, 0.15) is 50.2 Å². The molecule has 25 heavy (non-hydrogen) atoms. The Hall–Kier alpha value is -2.00. The average molecular weight is 341 g/mol. The van der Waals surface area contributed by atoms with Crippen LogP contribution < -0.4 is 14.8 Å². The summed E-state index contributed by atoms with van der Waals surface area (Å²) in [5.74, 6) is 1.63. The lowest BCUT2D eigenvalue weighted by Crippen LogP contribution is -2.15. The summed E-state index contributed by atoms with van der Waals surface area (Å²) in [5.41, 5.74) is 2.30. The molecule has 0 spiro atoms. The molecule has 0 unspecified atom stereocenters. The third kappa shape index (κ3) is 6.79. The molecule has 3 heteroatoms. The molecule has 0 saturated carbocycles. The molecule has 0 fully saturated rings. The molecule has 0 heterocycles. The summed E-state index contributed by atoms with van der Waals surface area (Å²) < 4.78 is 11.6. The highest BCUT2D eigenvalue weighted by Crippen LogP contribution is 2.31. The fourth-order valence-corrected chi connectivity index (χ4v) is 2.83. The molecule has 2 aromatic carbocycles. The second kappa shape index (κ2) is 11.5. The van der Waals surface area contributed by atoms with Gasteiger partial charge in [-0.05, 0) is 24.6 Å². The zero-order valence-corrected chi connectivity index (χ0v) is 15.6. The Bertz CT molecular complexity index is 598. The van der Waals surface area contributed by atoms with E-state index in [2.05, 4.69) is 30.4 Å². The molecule has 0 radical (unpaired) electrons. The monoisotopic (exact) mass is 341 g/mol. The van der Waals surface area contributed by atoms with Gasteiger partial charge in [0, 0.05) is 12.1 Å². The summed E-state index contributed by atoms with van der Waals surface area (Å²) in [5, 5.41) is 3.53. The van der Waals surface area contributed by atoms with Crippen LogP contribution in [0.5, 0.6) is 11.5 Å². The number of rotatable bonds is 12. The number of hydrogen-bond donors (Lipinski definition) is 1. The zero-order chi connectivity index (χ0) is 17.7. The summed E-state index contributed by atoms with van der Waals surface area (Å²) >= 11 is 0. The second-order valence-corrected chi connectivity index (χ2v) is 6.31. The van der Waals surface area contributed by atoms with Gasteiger partial charge in [0.1, 0.15) is 6.61 Å². The zero-order valence-electron chi connectivity index (χ0n) is 15.6. The minimum Gasteiger partial charge on any atom is -0.493 e. The minimum absolute atomic E-state index is 0.547. The molecule has 0 aliphatic rings. The van der Waals surface area contributed by atoms with E-state index in [1.165, 1.54) is 32.1 Å². The van der Waals surface area contributed by atoms with Gasteiger partial charge in [0.05, 0.1) is 7.11 Å². The second-order valence-electron chi connectivity index (χ2n) is 6.31. The van der Waals surface area contributed by atoms with Gasteiger partial charge in [-0.3, -0.25) is 0 Å². The molecule has 0 atom stereocenters. The SMILES string of the molecule is CCCCCCCNCc1cccc(OC)c1OCc1ccccc1. The lowest BCUT2D eigenvalue weighted by atomic mass is 10.1. The van der Waals surface area contributed by atoms with Crippen LogP contribution in [-0.4, -0.2) is 13.7 Å². The van der Waals surface area contributed by atoms with Gasteiger partial charge < -0.3 is 14.8 Å². The molecule has 2 rings (SSSR count). The number of nitrogens with one attached hydrogen (secondary N) is 1. The minimum atomic E-state index is 0.547. The van der Waals surface area contributed by atoms with Crippen LogP contribution in [0.2, 0.25) is 0 Å². The summed E-state index contributed by atoms with van der Waals surface area (Å²) in [4.78, 5) is 0. The lowest BCUT2D eigenvalue weighted by Gasteiger charge is -2.15. The van der Waals surface area contributed by atoms with Crippen molar-refractivity contribution in [3.63, 3.8) is 0 Å². The van der Waals surface area contributed by atoms with Gasteiger partial charge >= 0.3 is 0 Å². The van der Waals surface area contributed by atoms with Gasteiger partial charge in [0.2, 0.25) is 0 Å². The largest absolute Gasteiger partial charge is 0.493 e. The maximum Gasteiger partial charge on any atom is 0.166 e. The van der Waals surface area contributed by atoms with Crippen molar-refractivity contribution in [2.75, 3.05) is 13.7 Å². The van der Waals surface area contributed by atoms with Gasteiger partial charge in [-0.2, -0.15) is 0 Å². The van der Waals surface area contributed by atoms with Gasteiger partial charge in [0.15, 0.2) is 11.5 Å². The molecular formula is C22H31NO2. The molecular weight excluding hydrogens is 310 g/mol. The first kappa shape index (κ1) is 19.3. The maximum atomic E-state index is 6.09. The molecule has 2 aromatic rings. The van der Waals surface area contributed by atoms with Crippen LogP contribution in [0.25, 0.3) is 0 Å². The van der Waals surface area contributed by atoms with Crippen LogP contribution in [0, 0.1) is 0 Å². The van der Waals surface area contributed by atoms with Crippen molar-refractivity contribution in [2.45, 2.75) is 52.2 Å². The van der Waals surface area contributed by atoms with E-state index in [9.17, 15) is 0 Å². The molecule has 0 aliphatic heterocycles. The van der Waals surface area contributed by atoms with E-state index in [0.717, 1.165) is 35.7 Å². The highest BCUT2D eigenvalue weighted by Gasteiger charge is 2.10. The summed E-state index contributed by atoms with van der Waals surface area (Å²) in [7, 11) is 1.69. The van der Waals surface area contributed by atoms with E-state index in [-0.39, 0.29) is 0 Å². The Morgan fingerprint density at radius 1 is 0.880 bits per heavy atom. The first-order valence-electron chi connectivity index (χ1n) is 9.38. The standard InChI is InChI=1S/C22H31NO2/c1-3-4-5-6-10-16-23-17-20-14-11-15-21(24-2)22(20)25-18-19-12-8-7-9-13-19/h7-9,11-15,23H,3-6,10,16-18H2,1-2H3. The Labute approximate surface area is 152 Å². The van der Waals surface area contributed by atoms with Crippen LogP contribution >= 0.6 is 0 Å². The molecule has 0 amide bonds. The average Bonchev–Trinajstić information content (AvgIpc) is 2.66. The third-order valence-corrected chi connectivity index (χ3v) is 4.28. The number of ether oxygens (including phenoxy) is 2. The van der Waals surface area contributed by atoms with E-state index in [4.69, 9.17) is 9.47 Å². The topological polar surface area (TPSA) is 30.5 Å². The Morgan fingerprint density at radius 3 is 2.44 bits per heavy atom. The lowest BCUT2D eigenvalue weighted by molar-refractivity contribution is 0.280. The molecule has 3 nitrogen and oxygen atoms in total. The van der Waals surface area contributed by atoms with Gasteiger partial charge in [-0.15, -0.1) is 0 Å². The molecule has 1 N–H and O–H groups in total. The van der Waals surface area contributed by atoms with Gasteiger partial charge in [-0.25, -0.2) is 0 Å². The first-order chi connectivity index (χ1) is 12.3. The Balaban J connectivity index is 1.88. The molecule has 136 valence electrons. The molecule has 0 aromatic heterocycles. The predicted molar refractivity (Wildman–Crippen MR) is 104 cm³/mol. The van der Waals surface area contributed by atoms with Crippen molar-refractivity contribution >= 4 is 0 Å². The highest BCUT2D eigenvalue weighted by atomic mass is 16.5. The summed E-state index contributed by atoms with van der Waals surface area (Å²) in [6.45, 7) is 4.64. The molecule has 0 bridgehead atoms. The number of methoxy groups -OCH3 is 1. The number of para-hydroxylation sites is 1. The van der Waals surface area contributed by atoms with Crippen molar-refractivity contribution in [3.8, 4) is 11.5 Å². The maximum absolute atomic E-state index is 6.09. The van der Waals surface area contributed by atoms with Gasteiger partial charge in [0.25, 0.3) is 0 Å². The fraction of sp³-hybridized carbons (Fsp3) is 0.455. The molecule has 0 aliphatic carbocycles. The highest BCUT2D eigenvalue weighted by molar-refractivity contribution is 5.46. The number of benzene rings is 2. The van der Waals surface area contributed by atoms with Crippen molar-refractivity contribution < 1.29 is 9.47 Å². The molecule has 0 saturated heterocycles. The fourth-order valence-electron chi connectivity index (χ4n) is 2.83. The summed E-state index contributed by atoms with van der Waals surface area (Å²) in [6, 6.07) is 16.3. The van der Waals surface area contributed by atoms with E-state index in [1.807, 2.05) is 30.3 Å². The van der Waals surface area contributed by atoms with E-state index < -0.39 is 0 Å². The third-order valence-electron chi connectivity index (χ3n) is 4.28. The number of unbranched alkanes of at least 4 members (excludes halogenated alkanes) is 4. The van der Waals surface area contributed by atoms with E-state index in [0.29, 0.717) is 6.61 Å².